The number of nitrogens with one attached hydrogen (secondary N) is 2. The molecule has 0 saturated heterocycles. The van der Waals surface area contributed by atoms with Gasteiger partial charge in [-0.25, -0.2) is 0 Å². The van der Waals surface area contributed by atoms with Crippen LogP contribution in [-0.2, 0) is 30.7 Å². The van der Waals surface area contributed by atoms with Crippen LogP contribution in [0.1, 0.15) is 39.9 Å². The largest absolute Gasteiger partial charge is 0.385 e. The third kappa shape index (κ3) is 4.22. The van der Waals surface area contributed by atoms with Crippen molar-refractivity contribution in [2.75, 3.05) is 13.7 Å². The summed E-state index contributed by atoms with van der Waals surface area (Å²) in [5, 5.41) is 3.48. The molecule has 156 valence electrons. The Kier molecular flexibility index (Phi) is 6.11. The molecular formula is C23H25N3O3S. The highest BCUT2D eigenvalue weighted by atomic mass is 32.1. The second-order valence-electron chi connectivity index (χ2n) is 7.63. The van der Waals surface area contributed by atoms with E-state index in [-0.39, 0.29) is 11.5 Å². The fourth-order valence-corrected chi connectivity index (χ4v) is 4.27. The van der Waals surface area contributed by atoms with Gasteiger partial charge in [-0.2, -0.15) is 0 Å². The summed E-state index contributed by atoms with van der Waals surface area (Å²) >= 11 is 5.35. The smallest absolute Gasteiger partial charge is 0.262 e. The van der Waals surface area contributed by atoms with Gasteiger partial charge in [0.05, 0.1) is 10.9 Å². The van der Waals surface area contributed by atoms with Crippen LogP contribution in [0.25, 0.3) is 10.9 Å². The second kappa shape index (κ2) is 8.93. The molecule has 3 aromatic rings. The van der Waals surface area contributed by atoms with Crippen LogP contribution in [0.4, 0.5) is 0 Å². The summed E-state index contributed by atoms with van der Waals surface area (Å²) in [6.45, 7) is 1.52. The molecular weight excluding hydrogens is 398 g/mol. The molecule has 1 heterocycles. The number of hydrogen-bond donors (Lipinski definition) is 2. The highest BCUT2D eigenvalue weighted by molar-refractivity contribution is 7.71. The van der Waals surface area contributed by atoms with Gasteiger partial charge < -0.3 is 15.0 Å². The maximum absolute atomic E-state index is 12.8. The van der Waals surface area contributed by atoms with Crippen molar-refractivity contribution in [2.24, 2.45) is 0 Å². The lowest BCUT2D eigenvalue weighted by atomic mass is 10.1. The molecule has 0 unspecified atom stereocenters. The Bertz CT molecular complexity index is 1210. The molecule has 1 amide bonds. The van der Waals surface area contributed by atoms with Gasteiger partial charge in [0.2, 0.25) is 0 Å². The van der Waals surface area contributed by atoms with Crippen molar-refractivity contribution in [1.29, 1.82) is 0 Å². The summed E-state index contributed by atoms with van der Waals surface area (Å²) in [7, 11) is 1.63. The lowest BCUT2D eigenvalue weighted by Crippen LogP contribution is -2.24. The van der Waals surface area contributed by atoms with E-state index in [0.29, 0.717) is 47.4 Å². The van der Waals surface area contributed by atoms with E-state index in [0.717, 1.165) is 18.4 Å². The Balaban J connectivity index is 1.51. The molecule has 30 heavy (non-hydrogen) atoms. The van der Waals surface area contributed by atoms with Gasteiger partial charge in [-0.05, 0) is 72.8 Å². The van der Waals surface area contributed by atoms with Crippen LogP contribution < -0.4 is 10.9 Å². The van der Waals surface area contributed by atoms with Crippen LogP contribution >= 0.6 is 12.2 Å². The second-order valence-corrected chi connectivity index (χ2v) is 8.02. The van der Waals surface area contributed by atoms with E-state index in [1.54, 1.807) is 25.3 Å². The molecule has 1 aliphatic carbocycles. The first-order valence-corrected chi connectivity index (χ1v) is 10.6. The van der Waals surface area contributed by atoms with Crippen LogP contribution in [0, 0.1) is 4.77 Å². The number of nitrogens with zero attached hydrogens (tertiary/aromatic N) is 1. The Labute approximate surface area is 179 Å². The molecule has 7 heteroatoms. The molecule has 4 rings (SSSR count). The fourth-order valence-electron chi connectivity index (χ4n) is 3.99. The maximum atomic E-state index is 12.8. The fraction of sp³-hybridized carbons (Fsp3) is 0.348. The number of hydrogen-bond acceptors (Lipinski definition) is 4. The molecule has 2 aromatic carbocycles. The third-order valence-corrected chi connectivity index (χ3v) is 5.91. The zero-order valence-electron chi connectivity index (χ0n) is 17.0. The molecule has 2 N–H and O–H groups in total. The normalized spacial score (nSPS) is 12.8. The number of rotatable bonds is 7. The Morgan fingerprint density at radius 3 is 2.87 bits per heavy atom. The van der Waals surface area contributed by atoms with Crippen LogP contribution in [0.15, 0.2) is 41.2 Å². The van der Waals surface area contributed by atoms with Crippen molar-refractivity contribution in [3.8, 4) is 0 Å². The molecule has 0 spiro atoms. The predicted molar refractivity (Wildman–Crippen MR) is 120 cm³/mol. The van der Waals surface area contributed by atoms with Gasteiger partial charge in [-0.15, -0.1) is 0 Å². The highest BCUT2D eigenvalue weighted by Gasteiger charge is 2.13. The van der Waals surface area contributed by atoms with Crippen LogP contribution in [0.5, 0.6) is 0 Å². The first-order chi connectivity index (χ1) is 14.6. The van der Waals surface area contributed by atoms with Gasteiger partial charge in [-0.1, -0.05) is 18.2 Å². The van der Waals surface area contributed by atoms with E-state index in [9.17, 15) is 9.59 Å². The lowest BCUT2D eigenvalue weighted by Gasteiger charge is -2.10. The lowest BCUT2D eigenvalue weighted by molar-refractivity contribution is 0.0951. The van der Waals surface area contributed by atoms with Crippen molar-refractivity contribution in [3.63, 3.8) is 0 Å². The number of ether oxygens (including phenoxy) is 1. The highest BCUT2D eigenvalue weighted by Crippen LogP contribution is 2.22. The Morgan fingerprint density at radius 2 is 2.03 bits per heavy atom. The van der Waals surface area contributed by atoms with Gasteiger partial charge in [0, 0.05) is 32.4 Å². The molecule has 0 radical (unpaired) electrons. The van der Waals surface area contributed by atoms with Gasteiger partial charge in [0.1, 0.15) is 0 Å². The van der Waals surface area contributed by atoms with Crippen molar-refractivity contribution in [1.82, 2.24) is 14.9 Å². The maximum Gasteiger partial charge on any atom is 0.262 e. The number of H-pyrrole nitrogens is 1. The number of methoxy groups -OCH3 is 1. The number of aromatic amines is 1. The minimum absolute atomic E-state index is 0.157. The first kappa shape index (κ1) is 20.5. The average Bonchev–Trinajstić information content (AvgIpc) is 3.22. The summed E-state index contributed by atoms with van der Waals surface area (Å²) in [5.74, 6) is -0.180. The molecule has 0 fully saturated rings. The summed E-state index contributed by atoms with van der Waals surface area (Å²) in [5.41, 5.74) is 4.81. The number of aromatic nitrogens is 2. The first-order valence-electron chi connectivity index (χ1n) is 10.2. The Morgan fingerprint density at radius 1 is 1.20 bits per heavy atom. The summed E-state index contributed by atoms with van der Waals surface area (Å²) in [4.78, 5) is 28.5. The van der Waals surface area contributed by atoms with Gasteiger partial charge in [0.15, 0.2) is 4.77 Å². The van der Waals surface area contributed by atoms with Crippen LogP contribution in [-0.4, -0.2) is 29.2 Å². The van der Waals surface area contributed by atoms with E-state index in [1.165, 1.54) is 22.1 Å². The molecule has 0 bridgehead atoms. The van der Waals surface area contributed by atoms with Crippen LogP contribution in [0.3, 0.4) is 0 Å². The Hall–Kier alpha value is -2.77. The minimum atomic E-state index is -0.180. The van der Waals surface area contributed by atoms with Crippen LogP contribution in [0.2, 0.25) is 0 Å². The zero-order chi connectivity index (χ0) is 21.1. The average molecular weight is 424 g/mol. The van der Waals surface area contributed by atoms with Crippen molar-refractivity contribution in [3.05, 3.63) is 73.8 Å². The van der Waals surface area contributed by atoms with Gasteiger partial charge in [0.25, 0.3) is 11.5 Å². The number of amides is 1. The standard InChI is InChI=1S/C23H25N3O3S/c1-29-11-3-10-26-22(28)19-9-8-18(13-20(19)25-23(26)30)21(27)24-14-15-6-7-16-4-2-5-17(16)12-15/h6-9,12-13H,2-5,10-11,14H2,1H3,(H,24,27)(H,25,30). The number of aryl methyl sites for hydroxylation is 2. The number of carbonyl (C=O) groups excluding carboxylic acids is 1. The van der Waals surface area contributed by atoms with Crippen molar-refractivity contribution >= 4 is 29.0 Å². The van der Waals surface area contributed by atoms with E-state index < -0.39 is 0 Å². The van der Waals surface area contributed by atoms with E-state index in [1.807, 2.05) is 0 Å². The molecule has 0 atom stereocenters. The third-order valence-electron chi connectivity index (χ3n) is 5.59. The molecule has 0 saturated carbocycles. The summed E-state index contributed by atoms with van der Waals surface area (Å²) in [6.07, 6.45) is 4.17. The summed E-state index contributed by atoms with van der Waals surface area (Å²) < 4.78 is 6.92. The zero-order valence-corrected chi connectivity index (χ0v) is 17.8. The summed E-state index contributed by atoms with van der Waals surface area (Å²) in [6, 6.07) is 11.5. The quantitative estimate of drug-likeness (QED) is 0.450. The van der Waals surface area contributed by atoms with Crippen molar-refractivity contribution < 1.29 is 9.53 Å². The topological polar surface area (TPSA) is 76.1 Å². The number of carbonyl (C=O) groups is 1. The van der Waals surface area contributed by atoms with E-state index in [4.69, 9.17) is 17.0 Å². The monoisotopic (exact) mass is 423 g/mol. The molecule has 1 aromatic heterocycles. The van der Waals surface area contributed by atoms with Crippen molar-refractivity contribution in [2.45, 2.75) is 38.8 Å². The van der Waals surface area contributed by atoms with E-state index in [2.05, 4.69) is 28.5 Å². The number of fused-ring (bicyclic) bond motifs is 2. The minimum Gasteiger partial charge on any atom is -0.385 e. The molecule has 6 nitrogen and oxygen atoms in total. The predicted octanol–water partition coefficient (Wildman–Crippen LogP) is 3.51. The van der Waals surface area contributed by atoms with Gasteiger partial charge >= 0.3 is 0 Å². The SMILES string of the molecule is COCCCn1c(=S)[nH]c2cc(C(=O)NCc3ccc4c(c3)CCC4)ccc2c1=O. The van der Waals surface area contributed by atoms with Gasteiger partial charge in [-0.3, -0.25) is 14.2 Å². The molecule has 0 aliphatic heterocycles. The van der Waals surface area contributed by atoms with E-state index >= 15 is 0 Å². The molecule has 1 aliphatic rings. The number of benzene rings is 2.